The average molecular weight is 435 g/mol. The molecule has 2 aromatic carbocycles. The van der Waals surface area contributed by atoms with Gasteiger partial charge in [0.2, 0.25) is 0 Å². The third-order valence-electron chi connectivity index (χ3n) is 5.86. The van der Waals surface area contributed by atoms with E-state index >= 15 is 0 Å². The van der Waals surface area contributed by atoms with E-state index in [-0.39, 0.29) is 5.91 Å². The molecular formula is C25H26N2O3S. The van der Waals surface area contributed by atoms with Crippen molar-refractivity contribution in [1.82, 2.24) is 9.80 Å². The number of fused-ring (bicyclic) bond motifs is 1. The number of amides is 1. The van der Waals surface area contributed by atoms with Crippen LogP contribution in [-0.4, -0.2) is 48.5 Å². The van der Waals surface area contributed by atoms with Crippen molar-refractivity contribution in [2.75, 3.05) is 32.8 Å². The third kappa shape index (κ3) is 4.75. The van der Waals surface area contributed by atoms with Crippen molar-refractivity contribution in [2.45, 2.75) is 19.6 Å². The number of thiophene rings is 1. The van der Waals surface area contributed by atoms with Crippen LogP contribution in [-0.2, 0) is 19.6 Å². The van der Waals surface area contributed by atoms with Gasteiger partial charge in [0.05, 0.1) is 6.61 Å². The highest BCUT2D eigenvalue weighted by molar-refractivity contribution is 7.09. The summed E-state index contributed by atoms with van der Waals surface area (Å²) >= 11 is 1.67. The maximum atomic E-state index is 13.0. The molecule has 2 aliphatic rings. The molecule has 3 aromatic rings. The summed E-state index contributed by atoms with van der Waals surface area (Å²) in [7, 11) is 0. The molecule has 0 N–H and O–H groups in total. The zero-order valence-corrected chi connectivity index (χ0v) is 18.3. The maximum Gasteiger partial charge on any atom is 0.254 e. The minimum absolute atomic E-state index is 0.0795. The summed E-state index contributed by atoms with van der Waals surface area (Å²) in [6.07, 6.45) is 1.00. The molecule has 6 heteroatoms. The highest BCUT2D eigenvalue weighted by Crippen LogP contribution is 2.26. The van der Waals surface area contributed by atoms with Crippen LogP contribution in [0, 0.1) is 0 Å². The first-order chi connectivity index (χ1) is 15.2. The number of benzene rings is 2. The van der Waals surface area contributed by atoms with Crippen LogP contribution in [0.2, 0.25) is 0 Å². The lowest BCUT2D eigenvalue weighted by Crippen LogP contribution is -2.48. The van der Waals surface area contributed by atoms with E-state index in [9.17, 15) is 4.79 Å². The Morgan fingerprint density at radius 1 is 1.03 bits per heavy atom. The predicted octanol–water partition coefficient (Wildman–Crippen LogP) is 4.22. The van der Waals surface area contributed by atoms with Gasteiger partial charge in [0.25, 0.3) is 5.91 Å². The Morgan fingerprint density at radius 3 is 2.77 bits per heavy atom. The second-order valence-electron chi connectivity index (χ2n) is 8.00. The third-order valence-corrected chi connectivity index (χ3v) is 6.71. The van der Waals surface area contributed by atoms with E-state index in [1.165, 1.54) is 16.0 Å². The van der Waals surface area contributed by atoms with Gasteiger partial charge in [-0.15, -0.1) is 11.3 Å². The normalized spacial score (nSPS) is 16.1. The smallest absolute Gasteiger partial charge is 0.254 e. The van der Waals surface area contributed by atoms with Crippen LogP contribution in [0.5, 0.6) is 11.5 Å². The molecule has 0 spiro atoms. The molecule has 1 saturated heterocycles. The average Bonchev–Trinajstić information content (AvgIpc) is 3.50. The van der Waals surface area contributed by atoms with E-state index in [1.807, 2.05) is 40.6 Å². The molecule has 3 heterocycles. The summed E-state index contributed by atoms with van der Waals surface area (Å²) in [4.78, 5) is 18.6. The van der Waals surface area contributed by atoms with Crippen molar-refractivity contribution in [3.05, 3.63) is 81.5 Å². The summed E-state index contributed by atoms with van der Waals surface area (Å²) < 4.78 is 11.5. The number of carbonyl (C=O) groups excluding carboxylic acids is 1. The van der Waals surface area contributed by atoms with Crippen molar-refractivity contribution in [3.8, 4) is 11.5 Å². The van der Waals surface area contributed by atoms with Gasteiger partial charge in [-0.25, -0.2) is 0 Å². The number of carbonyl (C=O) groups is 1. The molecule has 0 radical (unpaired) electrons. The van der Waals surface area contributed by atoms with Crippen LogP contribution in [0.15, 0.2) is 60.0 Å². The van der Waals surface area contributed by atoms with Crippen LogP contribution in [0.4, 0.5) is 0 Å². The number of rotatable bonds is 6. The second kappa shape index (κ2) is 9.12. The highest BCUT2D eigenvalue weighted by atomic mass is 32.1. The Kier molecular flexibility index (Phi) is 5.91. The van der Waals surface area contributed by atoms with E-state index < -0.39 is 0 Å². The molecule has 0 atom stereocenters. The van der Waals surface area contributed by atoms with Gasteiger partial charge in [0.1, 0.15) is 18.1 Å². The molecule has 1 aromatic heterocycles. The van der Waals surface area contributed by atoms with E-state index in [4.69, 9.17) is 9.47 Å². The number of nitrogens with zero attached hydrogens (tertiary/aromatic N) is 2. The zero-order valence-electron chi connectivity index (χ0n) is 17.5. The Labute approximate surface area is 186 Å². The van der Waals surface area contributed by atoms with Gasteiger partial charge in [-0.2, -0.15) is 0 Å². The molecule has 31 heavy (non-hydrogen) atoms. The number of hydrogen-bond acceptors (Lipinski definition) is 5. The van der Waals surface area contributed by atoms with Crippen LogP contribution < -0.4 is 9.47 Å². The standard InChI is InChI=1S/C25H26N2O3S/c28-25(21-3-1-4-22(16-21)30-18-23-5-2-14-31-23)27-11-9-26(10-12-27)17-19-6-7-24-20(15-19)8-13-29-24/h1-7,14-16H,8-13,17-18H2. The zero-order chi connectivity index (χ0) is 21.0. The summed E-state index contributed by atoms with van der Waals surface area (Å²) in [5, 5.41) is 2.04. The molecule has 0 aliphatic carbocycles. The molecule has 0 bridgehead atoms. The fourth-order valence-electron chi connectivity index (χ4n) is 4.16. The summed E-state index contributed by atoms with van der Waals surface area (Å²) in [5.41, 5.74) is 3.32. The Bertz CT molecular complexity index is 1040. The molecule has 160 valence electrons. The molecule has 1 fully saturated rings. The largest absolute Gasteiger partial charge is 0.493 e. The topological polar surface area (TPSA) is 42.0 Å². The van der Waals surface area contributed by atoms with Crippen molar-refractivity contribution in [2.24, 2.45) is 0 Å². The van der Waals surface area contributed by atoms with Crippen molar-refractivity contribution < 1.29 is 14.3 Å². The molecule has 1 amide bonds. The van der Waals surface area contributed by atoms with E-state index in [0.29, 0.717) is 12.2 Å². The molecule has 2 aliphatic heterocycles. The van der Waals surface area contributed by atoms with Gasteiger partial charge >= 0.3 is 0 Å². The van der Waals surface area contributed by atoms with Gasteiger partial charge < -0.3 is 14.4 Å². The van der Waals surface area contributed by atoms with Crippen LogP contribution in [0.25, 0.3) is 0 Å². The van der Waals surface area contributed by atoms with Gasteiger partial charge in [-0.05, 0) is 46.8 Å². The summed E-state index contributed by atoms with van der Waals surface area (Å²) in [5.74, 6) is 1.84. The van der Waals surface area contributed by atoms with E-state index in [2.05, 4.69) is 29.2 Å². The lowest BCUT2D eigenvalue weighted by molar-refractivity contribution is 0.0628. The lowest BCUT2D eigenvalue weighted by Gasteiger charge is -2.35. The maximum absolute atomic E-state index is 13.0. The Balaban J connectivity index is 1.15. The quantitative estimate of drug-likeness (QED) is 0.583. The first-order valence-electron chi connectivity index (χ1n) is 10.8. The fraction of sp³-hybridized carbons (Fsp3) is 0.320. The number of hydrogen-bond donors (Lipinski definition) is 0. The Morgan fingerprint density at radius 2 is 1.94 bits per heavy atom. The van der Waals surface area contributed by atoms with Gasteiger partial charge in [-0.3, -0.25) is 9.69 Å². The monoisotopic (exact) mass is 434 g/mol. The Hall–Kier alpha value is -2.83. The summed E-state index contributed by atoms with van der Waals surface area (Å²) in [6, 6.07) is 18.1. The van der Waals surface area contributed by atoms with Crippen molar-refractivity contribution in [3.63, 3.8) is 0 Å². The lowest BCUT2D eigenvalue weighted by atomic mass is 10.1. The van der Waals surface area contributed by atoms with Crippen molar-refractivity contribution >= 4 is 17.2 Å². The van der Waals surface area contributed by atoms with Crippen molar-refractivity contribution in [1.29, 1.82) is 0 Å². The highest BCUT2D eigenvalue weighted by Gasteiger charge is 2.23. The minimum Gasteiger partial charge on any atom is -0.493 e. The van der Waals surface area contributed by atoms with E-state index in [1.54, 1.807) is 11.3 Å². The molecule has 5 rings (SSSR count). The predicted molar refractivity (Wildman–Crippen MR) is 122 cm³/mol. The molecular weight excluding hydrogens is 408 g/mol. The number of ether oxygens (including phenoxy) is 2. The molecule has 5 nitrogen and oxygen atoms in total. The second-order valence-corrected chi connectivity index (χ2v) is 9.04. The van der Waals surface area contributed by atoms with Crippen LogP contribution in [0.1, 0.15) is 26.4 Å². The summed E-state index contributed by atoms with van der Waals surface area (Å²) in [6.45, 7) is 5.49. The van der Waals surface area contributed by atoms with E-state index in [0.717, 1.165) is 57.3 Å². The SMILES string of the molecule is O=C(c1cccc(OCc2cccs2)c1)N1CCN(Cc2ccc3c(c2)CCO3)CC1. The van der Waals surface area contributed by atoms with Crippen LogP contribution >= 0.6 is 11.3 Å². The first-order valence-corrected chi connectivity index (χ1v) is 11.6. The number of piperazine rings is 1. The minimum atomic E-state index is 0.0795. The van der Waals surface area contributed by atoms with Crippen LogP contribution in [0.3, 0.4) is 0 Å². The molecule has 0 unspecified atom stereocenters. The fourth-order valence-corrected chi connectivity index (χ4v) is 4.77. The van der Waals surface area contributed by atoms with Gasteiger partial charge in [0.15, 0.2) is 0 Å². The van der Waals surface area contributed by atoms with Gasteiger partial charge in [-0.1, -0.05) is 24.3 Å². The molecule has 0 saturated carbocycles. The first kappa shape index (κ1) is 20.1. The van der Waals surface area contributed by atoms with Gasteiger partial charge in [0, 0.05) is 49.6 Å².